The number of carbonyl (C=O) groups excluding carboxylic acids is 4. The minimum Gasteiger partial charge on any atom is -0.462 e. The molecular formula is C81H154O17P2. The Bertz CT molecular complexity index is 2030. The van der Waals surface area contributed by atoms with Crippen LogP contribution in [0.5, 0.6) is 0 Å². The summed E-state index contributed by atoms with van der Waals surface area (Å²) in [5, 5.41) is 10.6. The van der Waals surface area contributed by atoms with E-state index in [2.05, 4.69) is 72.8 Å². The third kappa shape index (κ3) is 73.8. The van der Waals surface area contributed by atoms with Crippen molar-refractivity contribution in [2.45, 2.75) is 414 Å². The second kappa shape index (κ2) is 70.8. The van der Waals surface area contributed by atoms with Crippen LogP contribution in [0.3, 0.4) is 0 Å². The first-order valence-electron chi connectivity index (χ1n) is 41.2. The van der Waals surface area contributed by atoms with Crippen LogP contribution in [0, 0.1) is 17.8 Å². The van der Waals surface area contributed by atoms with Crippen LogP contribution in [0.15, 0.2) is 24.3 Å². The molecule has 19 heteroatoms. The number of phosphoric acid groups is 2. The van der Waals surface area contributed by atoms with Gasteiger partial charge in [-0.3, -0.25) is 37.3 Å². The Morgan fingerprint density at radius 1 is 0.310 bits per heavy atom. The zero-order valence-corrected chi connectivity index (χ0v) is 66.9. The van der Waals surface area contributed by atoms with Crippen LogP contribution in [0.1, 0.15) is 395 Å². The number of unbranched alkanes of at least 4 members (excludes halogenated alkanes) is 42. The van der Waals surface area contributed by atoms with Crippen LogP contribution < -0.4 is 0 Å². The molecule has 17 nitrogen and oxygen atoms in total. The van der Waals surface area contributed by atoms with E-state index in [-0.39, 0.29) is 25.7 Å². The molecule has 0 saturated carbocycles. The van der Waals surface area contributed by atoms with Crippen molar-refractivity contribution < 1.29 is 80.2 Å². The molecule has 0 saturated heterocycles. The zero-order valence-electron chi connectivity index (χ0n) is 65.2. The van der Waals surface area contributed by atoms with Crippen molar-refractivity contribution in [3.8, 4) is 0 Å². The molecule has 0 aliphatic heterocycles. The zero-order chi connectivity index (χ0) is 73.7. The van der Waals surface area contributed by atoms with Crippen molar-refractivity contribution in [3.05, 3.63) is 24.3 Å². The van der Waals surface area contributed by atoms with Crippen molar-refractivity contribution in [1.82, 2.24) is 0 Å². The fraction of sp³-hybridized carbons (Fsp3) is 0.901. The van der Waals surface area contributed by atoms with E-state index in [9.17, 15) is 43.2 Å². The van der Waals surface area contributed by atoms with Gasteiger partial charge in [-0.25, -0.2) is 9.13 Å². The summed E-state index contributed by atoms with van der Waals surface area (Å²) in [7, 11) is -9.93. The fourth-order valence-electron chi connectivity index (χ4n) is 11.9. The third-order valence-electron chi connectivity index (χ3n) is 18.3. The van der Waals surface area contributed by atoms with Gasteiger partial charge in [0.15, 0.2) is 12.2 Å². The predicted octanol–water partition coefficient (Wildman–Crippen LogP) is 23.7. The summed E-state index contributed by atoms with van der Waals surface area (Å²) in [6, 6.07) is 0. The van der Waals surface area contributed by atoms with Crippen molar-refractivity contribution in [1.29, 1.82) is 0 Å². The number of hydrogen-bond donors (Lipinski definition) is 3. The monoisotopic (exact) mass is 1460 g/mol. The van der Waals surface area contributed by atoms with Crippen molar-refractivity contribution in [2.24, 2.45) is 17.8 Å². The van der Waals surface area contributed by atoms with Crippen LogP contribution in [0.2, 0.25) is 0 Å². The molecule has 3 N–H and O–H groups in total. The maximum Gasteiger partial charge on any atom is 0.472 e. The number of carbonyl (C=O) groups is 4. The Kier molecular flexibility index (Phi) is 69.1. The number of allylic oxidation sites excluding steroid dienone is 4. The van der Waals surface area contributed by atoms with Crippen LogP contribution in [0.25, 0.3) is 0 Å². The van der Waals surface area contributed by atoms with Gasteiger partial charge in [-0.15, -0.1) is 0 Å². The maximum absolute atomic E-state index is 13.1. The van der Waals surface area contributed by atoms with Gasteiger partial charge in [-0.05, 0) is 69.1 Å². The Labute approximate surface area is 612 Å². The molecule has 0 aromatic heterocycles. The molecule has 0 rings (SSSR count). The van der Waals surface area contributed by atoms with Gasteiger partial charge in [0, 0.05) is 25.7 Å². The van der Waals surface area contributed by atoms with E-state index in [1.165, 1.54) is 180 Å². The molecule has 100 heavy (non-hydrogen) atoms. The Morgan fingerprint density at radius 3 is 0.810 bits per heavy atom. The highest BCUT2D eigenvalue weighted by atomic mass is 31.2. The molecule has 0 bridgehead atoms. The maximum atomic E-state index is 13.1. The lowest BCUT2D eigenvalue weighted by atomic mass is 10.0. The van der Waals surface area contributed by atoms with Gasteiger partial charge in [0.2, 0.25) is 0 Å². The second-order valence-corrected chi connectivity index (χ2v) is 32.8. The molecule has 590 valence electrons. The third-order valence-corrected chi connectivity index (χ3v) is 20.2. The Morgan fingerprint density at radius 2 is 0.540 bits per heavy atom. The summed E-state index contributed by atoms with van der Waals surface area (Å²) in [4.78, 5) is 73.0. The summed E-state index contributed by atoms with van der Waals surface area (Å²) < 4.78 is 68.6. The Balaban J connectivity index is 5.23. The number of ether oxygens (including phenoxy) is 4. The topological polar surface area (TPSA) is 237 Å². The van der Waals surface area contributed by atoms with Crippen molar-refractivity contribution >= 4 is 39.5 Å². The average Bonchev–Trinajstić information content (AvgIpc) is 0.911. The lowest BCUT2D eigenvalue weighted by molar-refractivity contribution is -0.161. The van der Waals surface area contributed by atoms with Gasteiger partial charge < -0.3 is 33.8 Å². The summed E-state index contributed by atoms with van der Waals surface area (Å²) in [6.07, 6.45) is 62.0. The fourth-order valence-corrected chi connectivity index (χ4v) is 13.5. The largest absolute Gasteiger partial charge is 0.472 e. The van der Waals surface area contributed by atoms with Crippen LogP contribution >= 0.6 is 15.6 Å². The second-order valence-electron chi connectivity index (χ2n) is 29.9. The number of phosphoric ester groups is 2. The summed E-state index contributed by atoms with van der Waals surface area (Å²) in [5.41, 5.74) is 0. The van der Waals surface area contributed by atoms with Gasteiger partial charge >= 0.3 is 39.5 Å². The molecule has 5 atom stereocenters. The first-order chi connectivity index (χ1) is 48.2. The van der Waals surface area contributed by atoms with E-state index in [1.807, 2.05) is 0 Å². The van der Waals surface area contributed by atoms with Crippen molar-refractivity contribution in [2.75, 3.05) is 39.6 Å². The molecule has 0 amide bonds. The van der Waals surface area contributed by atoms with Gasteiger partial charge in [0.05, 0.1) is 26.4 Å². The molecule has 0 aromatic rings. The molecule has 0 heterocycles. The lowest BCUT2D eigenvalue weighted by Gasteiger charge is -2.21. The molecule has 0 aromatic carbocycles. The number of aliphatic hydroxyl groups is 1. The minimum absolute atomic E-state index is 0.0994. The molecular weight excluding hydrogens is 1310 g/mol. The molecule has 0 spiro atoms. The van der Waals surface area contributed by atoms with Crippen LogP contribution in [-0.2, 0) is 65.4 Å². The number of rotatable bonds is 77. The quantitative estimate of drug-likeness (QED) is 0.0169. The highest BCUT2D eigenvalue weighted by molar-refractivity contribution is 7.47. The smallest absolute Gasteiger partial charge is 0.462 e. The highest BCUT2D eigenvalue weighted by Gasteiger charge is 2.30. The van der Waals surface area contributed by atoms with Crippen LogP contribution in [-0.4, -0.2) is 96.7 Å². The summed E-state index contributed by atoms with van der Waals surface area (Å²) in [5.74, 6) is 0.142. The van der Waals surface area contributed by atoms with Crippen LogP contribution in [0.4, 0.5) is 0 Å². The molecule has 0 aliphatic rings. The van der Waals surface area contributed by atoms with E-state index >= 15 is 0 Å². The normalized spacial score (nSPS) is 14.1. The minimum atomic E-state index is -4.97. The average molecular weight is 1460 g/mol. The van der Waals surface area contributed by atoms with E-state index in [0.717, 1.165) is 127 Å². The summed E-state index contributed by atoms with van der Waals surface area (Å²) in [6.45, 7) is 11.8. The first kappa shape index (κ1) is 97.5. The molecule has 0 fully saturated rings. The predicted molar refractivity (Wildman–Crippen MR) is 409 cm³/mol. The first-order valence-corrected chi connectivity index (χ1v) is 44.2. The highest BCUT2D eigenvalue weighted by Crippen LogP contribution is 2.45. The lowest BCUT2D eigenvalue weighted by Crippen LogP contribution is -2.30. The molecule has 0 aliphatic carbocycles. The number of esters is 4. The molecule has 3 unspecified atom stereocenters. The Hall–Kier alpha value is -2.46. The van der Waals surface area contributed by atoms with Gasteiger partial charge in [-0.1, -0.05) is 342 Å². The van der Waals surface area contributed by atoms with Gasteiger partial charge in [-0.2, -0.15) is 0 Å². The SMILES string of the molecule is CCCCCC/C=C\C=C/CCCCCCCC(=O)OC[C@H](COP(=O)(O)OCC(O)COP(=O)(O)OC[C@@H](COC(=O)CCCCCCCCCC(C)C)OC(=O)CCCCCCCCCCCCCCCCCCCCC(C)C)OC(=O)CCCCCCCCCCCCCC(C)C. The number of aliphatic hydroxyl groups excluding tert-OH is 1. The van der Waals surface area contributed by atoms with E-state index in [4.69, 9.17) is 37.0 Å². The van der Waals surface area contributed by atoms with E-state index < -0.39 is 97.5 Å². The van der Waals surface area contributed by atoms with E-state index in [1.54, 1.807) is 0 Å². The standard InChI is InChI=1S/C81H154O17P2/c1-8-9-10-11-12-13-14-15-20-24-29-34-41-48-55-62-78(83)91-68-76(97-81(86)65-58-51-43-36-31-26-28-33-39-46-53-60-73(4)5)70-95-99(87,88)93-66-75(82)67-94-100(89,90)96-71-77(69-92-79(84)63-56-49-44-37-40-47-54-61-74(6)7)98-80(85)64-57-50-42-35-30-25-22-19-17-16-18-21-23-27-32-38-45-52-59-72(2)3/h13-15,20,72-77,82H,8-12,16-19,21-71H2,1-7H3,(H,87,88)(H,89,90)/b14-13-,20-15-/t75?,76-,77-/m1/s1. The van der Waals surface area contributed by atoms with E-state index in [0.29, 0.717) is 31.6 Å². The summed E-state index contributed by atoms with van der Waals surface area (Å²) >= 11 is 0. The van der Waals surface area contributed by atoms with Gasteiger partial charge in [0.25, 0.3) is 0 Å². The number of hydrogen-bond acceptors (Lipinski definition) is 15. The molecule has 0 radical (unpaired) electrons. The van der Waals surface area contributed by atoms with Gasteiger partial charge in [0.1, 0.15) is 19.3 Å². The van der Waals surface area contributed by atoms with Crippen molar-refractivity contribution in [3.63, 3.8) is 0 Å².